The maximum atomic E-state index is 17.2. The molecule has 2 unspecified atom stereocenters. The number of carbonyl (C=O) groups is 1. The Balaban J connectivity index is 1.19. The molecule has 0 aliphatic carbocycles. The number of ether oxygens (including phenoxy) is 1. The normalized spacial score (nSPS) is 21.2. The molecule has 12 heteroatoms. The Bertz CT molecular complexity index is 2120. The molecule has 278 valence electrons. The first-order valence-corrected chi connectivity index (χ1v) is 21.9. The second-order valence-electron chi connectivity index (χ2n) is 16.8. The average Bonchev–Trinajstić information content (AvgIpc) is 3.79. The van der Waals surface area contributed by atoms with Crippen molar-refractivity contribution < 1.29 is 23.5 Å². The lowest BCUT2D eigenvalue weighted by Gasteiger charge is -2.40. The molecule has 4 saturated heterocycles. The summed E-state index contributed by atoms with van der Waals surface area (Å²) in [6.07, 6.45) is 6.71. The van der Waals surface area contributed by atoms with Crippen LogP contribution in [0.5, 0.6) is 6.01 Å². The number of piperazine rings is 1. The fraction of sp³-hybridized carbons (Fsp3) is 0.512. The van der Waals surface area contributed by atoms with Gasteiger partial charge in [-0.15, -0.1) is 0 Å². The molecule has 0 saturated carbocycles. The van der Waals surface area contributed by atoms with Gasteiger partial charge in [-0.3, -0.25) is 14.8 Å². The molecule has 1 amide bonds. The topological polar surface area (TPSA) is 104 Å². The summed E-state index contributed by atoms with van der Waals surface area (Å²) in [7, 11) is -1.97. The van der Waals surface area contributed by atoms with Gasteiger partial charge in [0.15, 0.2) is 14.1 Å². The quantitative estimate of drug-likeness (QED) is 0.151. The van der Waals surface area contributed by atoms with Crippen molar-refractivity contribution in [3.8, 4) is 29.1 Å². The van der Waals surface area contributed by atoms with Gasteiger partial charge in [0.05, 0.1) is 29.6 Å². The van der Waals surface area contributed by atoms with Crippen LogP contribution in [0.4, 0.5) is 15.0 Å². The zero-order chi connectivity index (χ0) is 37.1. The van der Waals surface area contributed by atoms with Gasteiger partial charge in [0.25, 0.3) is 0 Å². The second-order valence-corrected chi connectivity index (χ2v) is 21.6. The van der Waals surface area contributed by atoms with Gasteiger partial charge < -0.3 is 19.2 Å². The van der Waals surface area contributed by atoms with Gasteiger partial charge in [0.1, 0.15) is 23.6 Å². The van der Waals surface area contributed by atoms with E-state index >= 15 is 4.39 Å². The number of rotatable bonds is 7. The van der Waals surface area contributed by atoms with E-state index in [-0.39, 0.29) is 39.9 Å². The van der Waals surface area contributed by atoms with Crippen LogP contribution in [-0.4, -0.2) is 101 Å². The van der Waals surface area contributed by atoms with E-state index in [4.69, 9.17) is 24.1 Å². The van der Waals surface area contributed by atoms with E-state index in [1.165, 1.54) is 0 Å². The molecule has 2 aromatic heterocycles. The second kappa shape index (κ2) is 13.5. The third-order valence-corrected chi connectivity index (χ3v) is 17.1. The van der Waals surface area contributed by atoms with Crippen LogP contribution in [0, 0.1) is 17.7 Å². The summed E-state index contributed by atoms with van der Waals surface area (Å²) in [6.45, 7) is 14.9. The van der Waals surface area contributed by atoms with Crippen LogP contribution >= 0.6 is 0 Å². The Labute approximate surface area is 311 Å². The smallest absolute Gasteiger partial charge is 0.407 e. The molecular formula is C41H49FN6O4Si. The summed E-state index contributed by atoms with van der Waals surface area (Å²) in [6, 6.07) is 11.5. The van der Waals surface area contributed by atoms with Crippen molar-refractivity contribution in [2.45, 2.75) is 95.1 Å². The number of pyridine rings is 1. The predicted molar refractivity (Wildman–Crippen MR) is 207 cm³/mol. The van der Waals surface area contributed by atoms with E-state index in [0.29, 0.717) is 43.1 Å². The lowest BCUT2D eigenvalue weighted by Crippen LogP contribution is -2.55. The van der Waals surface area contributed by atoms with E-state index in [2.05, 4.69) is 55.5 Å². The number of aromatic nitrogens is 3. The number of hydrogen-bond acceptors (Lipinski definition) is 8. The molecule has 4 aromatic rings. The van der Waals surface area contributed by atoms with Crippen LogP contribution in [-0.2, 0) is 4.43 Å². The molecule has 8 rings (SSSR count). The minimum atomic E-state index is -1.97. The number of anilines is 1. The number of amides is 1. The number of nitrogens with zero attached hydrogens (tertiary/aromatic N) is 6. The third-order valence-electron chi connectivity index (χ3n) is 12.6. The molecule has 4 aliphatic heterocycles. The Kier molecular flexibility index (Phi) is 9.11. The first kappa shape index (κ1) is 35.7. The highest BCUT2D eigenvalue weighted by molar-refractivity contribution is 6.74. The average molecular weight is 737 g/mol. The fourth-order valence-electron chi connectivity index (χ4n) is 8.77. The van der Waals surface area contributed by atoms with Crippen molar-refractivity contribution in [2.75, 3.05) is 44.3 Å². The van der Waals surface area contributed by atoms with Crippen molar-refractivity contribution >= 4 is 41.9 Å². The lowest BCUT2D eigenvalue weighted by molar-refractivity contribution is 0.107. The van der Waals surface area contributed by atoms with Gasteiger partial charge in [-0.25, -0.2) is 9.18 Å². The molecule has 6 heterocycles. The largest absolute Gasteiger partial charge is 0.465 e. The molecule has 4 fully saturated rings. The Hall–Kier alpha value is -4.31. The minimum absolute atomic E-state index is 0.0389. The van der Waals surface area contributed by atoms with Crippen LogP contribution in [0.25, 0.3) is 32.9 Å². The van der Waals surface area contributed by atoms with Crippen molar-refractivity contribution in [3.63, 3.8) is 0 Å². The van der Waals surface area contributed by atoms with Crippen LogP contribution in [0.1, 0.15) is 64.9 Å². The van der Waals surface area contributed by atoms with Gasteiger partial charge in [0.2, 0.25) is 0 Å². The molecular weight excluding hydrogens is 688 g/mol. The number of carboxylic acid groups (broad SMARTS) is 1. The van der Waals surface area contributed by atoms with E-state index in [0.717, 1.165) is 68.0 Å². The van der Waals surface area contributed by atoms with Gasteiger partial charge in [0, 0.05) is 35.8 Å². The molecule has 4 aliphatic rings. The minimum Gasteiger partial charge on any atom is -0.465 e. The van der Waals surface area contributed by atoms with E-state index < -0.39 is 20.2 Å². The zero-order valence-electron chi connectivity index (χ0n) is 31.4. The molecule has 0 spiro atoms. The number of fused-ring (bicyclic) bond motifs is 5. The standard InChI is InChI=1S/C41H49FN6O4Si/c1-40(2,3)53(4,5)52-22-8-14-28-12-6-11-27-13-7-15-31(33(27)28)35-34(42)36-32(23-43-35)37(46-24-29-16-17-30(25-46)48(29)39(49)50)45-38(44-36)51-26-41-18-9-20-47(41)21-10-19-41/h6-7,11-13,15,23,29-30H,9-10,16-22,24-26H2,1-5H3,(H,49,50). The Morgan fingerprint density at radius 2 is 1.75 bits per heavy atom. The summed E-state index contributed by atoms with van der Waals surface area (Å²) in [4.78, 5) is 32.7. The van der Waals surface area contributed by atoms with Crippen molar-refractivity contribution in [3.05, 3.63) is 54.0 Å². The maximum absolute atomic E-state index is 17.2. The Morgan fingerprint density at radius 1 is 1.06 bits per heavy atom. The van der Waals surface area contributed by atoms with Crippen LogP contribution in [0.2, 0.25) is 18.1 Å². The van der Waals surface area contributed by atoms with Crippen molar-refractivity contribution in [1.29, 1.82) is 0 Å². The van der Waals surface area contributed by atoms with E-state index in [1.807, 2.05) is 36.4 Å². The van der Waals surface area contributed by atoms with Gasteiger partial charge in [-0.1, -0.05) is 62.9 Å². The van der Waals surface area contributed by atoms with Crippen LogP contribution in [0.15, 0.2) is 42.6 Å². The van der Waals surface area contributed by atoms with Gasteiger partial charge in [-0.2, -0.15) is 9.97 Å². The van der Waals surface area contributed by atoms with Crippen LogP contribution in [0.3, 0.4) is 0 Å². The highest BCUT2D eigenvalue weighted by atomic mass is 28.4. The first-order chi connectivity index (χ1) is 25.3. The molecule has 2 atom stereocenters. The highest BCUT2D eigenvalue weighted by Gasteiger charge is 2.46. The van der Waals surface area contributed by atoms with E-state index in [9.17, 15) is 9.90 Å². The van der Waals surface area contributed by atoms with Crippen molar-refractivity contribution in [2.24, 2.45) is 0 Å². The highest BCUT2D eigenvalue weighted by Crippen LogP contribution is 2.41. The van der Waals surface area contributed by atoms with Gasteiger partial charge in [-0.05, 0) is 81.2 Å². The Morgan fingerprint density at radius 3 is 2.43 bits per heavy atom. The molecule has 53 heavy (non-hydrogen) atoms. The molecule has 0 radical (unpaired) electrons. The summed E-state index contributed by atoms with van der Waals surface area (Å²) in [5.41, 5.74) is 1.67. The molecule has 2 aromatic carbocycles. The monoisotopic (exact) mass is 736 g/mol. The summed E-state index contributed by atoms with van der Waals surface area (Å²) < 4.78 is 30.0. The summed E-state index contributed by atoms with van der Waals surface area (Å²) >= 11 is 0. The lowest BCUT2D eigenvalue weighted by atomic mass is 9.95. The van der Waals surface area contributed by atoms with E-state index in [1.54, 1.807) is 11.1 Å². The maximum Gasteiger partial charge on any atom is 0.407 e. The summed E-state index contributed by atoms with van der Waals surface area (Å²) in [5.74, 6) is 6.53. The number of benzene rings is 2. The first-order valence-electron chi connectivity index (χ1n) is 19.0. The fourth-order valence-corrected chi connectivity index (χ4v) is 9.64. The van der Waals surface area contributed by atoms with Crippen molar-refractivity contribution in [1.82, 2.24) is 24.8 Å². The molecule has 2 bridgehead atoms. The third kappa shape index (κ3) is 6.40. The number of hydrogen-bond donors (Lipinski definition) is 1. The van der Waals surface area contributed by atoms with Gasteiger partial charge >= 0.3 is 12.1 Å². The predicted octanol–water partition coefficient (Wildman–Crippen LogP) is 7.70. The SMILES string of the molecule is CC(C)(C)[Si](C)(C)OCC#Cc1cccc2cccc(-c3ncc4c(N5CC6CCC(C5)N6C(=O)O)nc(OCC56CCCN5CCC6)nc4c3F)c12. The zero-order valence-corrected chi connectivity index (χ0v) is 32.4. The molecule has 1 N–H and O–H groups in total. The molecule has 10 nitrogen and oxygen atoms in total. The number of halogens is 1. The summed E-state index contributed by atoms with van der Waals surface area (Å²) in [5, 5.41) is 12.2. The van der Waals surface area contributed by atoms with Crippen LogP contribution < -0.4 is 9.64 Å².